The first-order valence-electron chi connectivity index (χ1n) is 9.31. The Morgan fingerprint density at radius 1 is 1.21 bits per heavy atom. The van der Waals surface area contributed by atoms with Gasteiger partial charge in [0.05, 0.1) is 31.0 Å². The van der Waals surface area contributed by atoms with Crippen molar-refractivity contribution in [2.75, 3.05) is 39.3 Å². The fourth-order valence-electron chi connectivity index (χ4n) is 3.63. The summed E-state index contributed by atoms with van der Waals surface area (Å²) < 4.78 is 11.2. The van der Waals surface area contributed by atoms with Gasteiger partial charge in [-0.25, -0.2) is 0 Å². The Morgan fingerprint density at radius 2 is 1.79 bits per heavy atom. The molecule has 2 saturated heterocycles. The second kappa shape index (κ2) is 9.13. The fraction of sp³-hybridized carbons (Fsp3) is 0.944. The first-order chi connectivity index (χ1) is 11.3. The number of rotatable bonds is 6. The second-order valence-electron chi connectivity index (χ2n) is 7.61. The molecule has 0 aromatic carbocycles. The third-order valence-electron chi connectivity index (χ3n) is 4.76. The van der Waals surface area contributed by atoms with Crippen molar-refractivity contribution in [2.24, 2.45) is 5.92 Å². The van der Waals surface area contributed by atoms with E-state index in [9.17, 15) is 9.90 Å². The fourth-order valence-corrected chi connectivity index (χ4v) is 3.63. The van der Waals surface area contributed by atoms with Crippen molar-refractivity contribution in [1.82, 2.24) is 9.80 Å². The Bertz CT molecular complexity index is 386. The molecule has 0 spiro atoms. The molecule has 2 aliphatic heterocycles. The number of nitrogens with zero attached hydrogens (tertiary/aromatic N) is 2. The Hall–Kier alpha value is -0.690. The van der Waals surface area contributed by atoms with Crippen LogP contribution in [0.4, 0.5) is 0 Å². The highest BCUT2D eigenvalue weighted by atomic mass is 16.5. The minimum Gasteiger partial charge on any atom is -0.389 e. The van der Waals surface area contributed by atoms with E-state index in [1.165, 1.54) is 0 Å². The first kappa shape index (κ1) is 19.6. The highest BCUT2D eigenvalue weighted by Gasteiger charge is 2.32. The average Bonchev–Trinajstić information content (AvgIpc) is 2.52. The molecule has 2 rings (SSSR count). The van der Waals surface area contributed by atoms with E-state index in [4.69, 9.17) is 9.47 Å². The van der Waals surface area contributed by atoms with E-state index in [1.54, 1.807) is 0 Å². The molecule has 0 aromatic heterocycles. The molecule has 140 valence electrons. The topological polar surface area (TPSA) is 62.2 Å². The molecule has 3 unspecified atom stereocenters. The Balaban J connectivity index is 1.73. The van der Waals surface area contributed by atoms with Gasteiger partial charge < -0.3 is 24.4 Å². The number of likely N-dealkylation sites (tertiary alicyclic amines) is 1. The van der Waals surface area contributed by atoms with Crippen LogP contribution in [-0.2, 0) is 14.3 Å². The summed E-state index contributed by atoms with van der Waals surface area (Å²) in [5, 5.41) is 10.0. The van der Waals surface area contributed by atoms with Crippen molar-refractivity contribution < 1.29 is 19.4 Å². The third kappa shape index (κ3) is 5.99. The van der Waals surface area contributed by atoms with E-state index in [1.807, 2.05) is 32.6 Å². The molecule has 2 aliphatic rings. The van der Waals surface area contributed by atoms with Crippen LogP contribution in [-0.4, -0.2) is 84.6 Å². The summed E-state index contributed by atoms with van der Waals surface area (Å²) in [6.45, 7) is 12.1. The third-order valence-corrected chi connectivity index (χ3v) is 4.76. The average molecular weight is 342 g/mol. The van der Waals surface area contributed by atoms with E-state index in [0.29, 0.717) is 26.2 Å². The quantitative estimate of drug-likeness (QED) is 0.784. The minimum absolute atomic E-state index is 0.114. The zero-order valence-corrected chi connectivity index (χ0v) is 15.6. The molecule has 0 bridgehead atoms. The summed E-state index contributed by atoms with van der Waals surface area (Å²) >= 11 is 0. The van der Waals surface area contributed by atoms with Crippen molar-refractivity contribution >= 4 is 5.91 Å². The molecule has 6 heteroatoms. The molecule has 24 heavy (non-hydrogen) atoms. The van der Waals surface area contributed by atoms with Crippen molar-refractivity contribution in [2.45, 2.75) is 65.0 Å². The molecular formula is C18H34N2O4. The lowest BCUT2D eigenvalue weighted by atomic mass is 9.94. The van der Waals surface area contributed by atoms with Gasteiger partial charge >= 0.3 is 0 Å². The predicted molar refractivity (Wildman–Crippen MR) is 92.8 cm³/mol. The Morgan fingerprint density at radius 3 is 2.33 bits per heavy atom. The van der Waals surface area contributed by atoms with Crippen LogP contribution in [0.2, 0.25) is 0 Å². The molecule has 0 aliphatic carbocycles. The van der Waals surface area contributed by atoms with E-state index >= 15 is 0 Å². The molecule has 2 fully saturated rings. The summed E-state index contributed by atoms with van der Waals surface area (Å²) in [5.74, 6) is 0.392. The standard InChI is InChI=1S/C18H34N2O4/c1-13(2)23-12-17(21)11-19-7-5-16(6-8-19)18(22)20-9-14(3)24-15(4)10-20/h13-17,21H,5-12H2,1-4H3. The molecular weight excluding hydrogens is 308 g/mol. The maximum absolute atomic E-state index is 12.7. The molecule has 0 saturated carbocycles. The molecule has 2 heterocycles. The van der Waals surface area contributed by atoms with Gasteiger partial charge in [-0.1, -0.05) is 0 Å². The lowest BCUT2D eigenvalue weighted by Gasteiger charge is -2.39. The molecule has 0 radical (unpaired) electrons. The highest BCUT2D eigenvalue weighted by molar-refractivity contribution is 5.79. The van der Waals surface area contributed by atoms with E-state index in [-0.39, 0.29) is 30.1 Å². The van der Waals surface area contributed by atoms with E-state index in [2.05, 4.69) is 4.90 Å². The van der Waals surface area contributed by atoms with Gasteiger partial charge in [-0.3, -0.25) is 4.79 Å². The Kier molecular flexibility index (Phi) is 7.47. The number of carbonyl (C=O) groups is 1. The lowest BCUT2D eigenvalue weighted by Crippen LogP contribution is -2.51. The van der Waals surface area contributed by atoms with Crippen molar-refractivity contribution in [3.63, 3.8) is 0 Å². The van der Waals surface area contributed by atoms with Gasteiger partial charge in [0.15, 0.2) is 0 Å². The molecule has 6 nitrogen and oxygen atoms in total. The summed E-state index contributed by atoms with van der Waals surface area (Å²) in [5.41, 5.74) is 0. The van der Waals surface area contributed by atoms with Crippen LogP contribution < -0.4 is 0 Å². The van der Waals surface area contributed by atoms with Crippen LogP contribution in [0.1, 0.15) is 40.5 Å². The first-order valence-corrected chi connectivity index (χ1v) is 9.31. The van der Waals surface area contributed by atoms with Gasteiger partial charge in [0.1, 0.15) is 0 Å². The van der Waals surface area contributed by atoms with Crippen molar-refractivity contribution in [1.29, 1.82) is 0 Å². The van der Waals surface area contributed by atoms with Gasteiger partial charge in [-0.15, -0.1) is 0 Å². The number of piperidine rings is 1. The maximum atomic E-state index is 12.7. The number of aliphatic hydroxyl groups excluding tert-OH is 1. The summed E-state index contributed by atoms with van der Waals surface area (Å²) in [4.78, 5) is 16.9. The number of β-amino-alcohol motifs (C(OH)–C–C–N with tert-alkyl or cyclic N) is 1. The number of ether oxygens (including phenoxy) is 2. The van der Waals surface area contributed by atoms with Crippen molar-refractivity contribution in [3.05, 3.63) is 0 Å². The number of hydrogen-bond acceptors (Lipinski definition) is 5. The van der Waals surface area contributed by atoms with Gasteiger partial charge in [0, 0.05) is 25.6 Å². The number of hydrogen-bond donors (Lipinski definition) is 1. The zero-order chi connectivity index (χ0) is 17.7. The normalized spacial score (nSPS) is 28.3. The van der Waals surface area contributed by atoms with Crippen LogP contribution in [0.3, 0.4) is 0 Å². The SMILES string of the molecule is CC(C)OCC(O)CN1CCC(C(=O)N2CC(C)OC(C)C2)CC1. The van der Waals surface area contributed by atoms with Crippen LogP contribution >= 0.6 is 0 Å². The number of carbonyl (C=O) groups excluding carboxylic acids is 1. The summed E-state index contributed by atoms with van der Waals surface area (Å²) in [7, 11) is 0. The van der Waals surface area contributed by atoms with Gasteiger partial charge in [0.2, 0.25) is 5.91 Å². The van der Waals surface area contributed by atoms with E-state index < -0.39 is 6.10 Å². The molecule has 1 N–H and O–H groups in total. The monoisotopic (exact) mass is 342 g/mol. The van der Waals surface area contributed by atoms with Crippen LogP contribution in [0.5, 0.6) is 0 Å². The summed E-state index contributed by atoms with van der Waals surface area (Å²) in [6.07, 6.45) is 1.66. The van der Waals surface area contributed by atoms with Gasteiger partial charge in [-0.05, 0) is 53.6 Å². The van der Waals surface area contributed by atoms with Crippen LogP contribution in [0.15, 0.2) is 0 Å². The molecule has 1 amide bonds. The largest absolute Gasteiger partial charge is 0.389 e. The van der Waals surface area contributed by atoms with Crippen molar-refractivity contribution in [3.8, 4) is 0 Å². The zero-order valence-electron chi connectivity index (χ0n) is 15.6. The van der Waals surface area contributed by atoms with Crippen LogP contribution in [0, 0.1) is 5.92 Å². The smallest absolute Gasteiger partial charge is 0.225 e. The lowest BCUT2D eigenvalue weighted by molar-refractivity contribution is -0.149. The predicted octanol–water partition coefficient (Wildman–Crippen LogP) is 1.12. The highest BCUT2D eigenvalue weighted by Crippen LogP contribution is 2.22. The van der Waals surface area contributed by atoms with E-state index in [0.717, 1.165) is 25.9 Å². The number of amides is 1. The molecule has 3 atom stereocenters. The minimum atomic E-state index is -0.458. The number of morpholine rings is 1. The number of aliphatic hydroxyl groups is 1. The second-order valence-corrected chi connectivity index (χ2v) is 7.61. The summed E-state index contributed by atoms with van der Waals surface area (Å²) in [6, 6.07) is 0. The Labute approximate surface area is 146 Å². The maximum Gasteiger partial charge on any atom is 0.225 e. The van der Waals surface area contributed by atoms with Gasteiger partial charge in [0.25, 0.3) is 0 Å². The molecule has 0 aromatic rings. The van der Waals surface area contributed by atoms with Gasteiger partial charge in [-0.2, -0.15) is 0 Å². The van der Waals surface area contributed by atoms with Crippen LogP contribution in [0.25, 0.3) is 0 Å².